The number of H-pyrrole nitrogens is 1. The van der Waals surface area contributed by atoms with Gasteiger partial charge in [0.15, 0.2) is 11.3 Å². The summed E-state index contributed by atoms with van der Waals surface area (Å²) in [6.07, 6.45) is 9.27. The van der Waals surface area contributed by atoms with E-state index in [1.54, 1.807) is 6.20 Å². The number of aromatic nitrogens is 5. The van der Waals surface area contributed by atoms with Gasteiger partial charge < -0.3 is 4.98 Å². The summed E-state index contributed by atoms with van der Waals surface area (Å²) < 4.78 is 17.5. The van der Waals surface area contributed by atoms with Crippen molar-refractivity contribution < 1.29 is 4.21 Å². The zero-order chi connectivity index (χ0) is 17.7. The van der Waals surface area contributed by atoms with E-state index in [4.69, 9.17) is 0 Å². The Labute approximate surface area is 154 Å². The van der Waals surface area contributed by atoms with Gasteiger partial charge in [-0.3, -0.25) is 4.40 Å². The molecule has 4 unspecified atom stereocenters. The molecule has 0 aromatic carbocycles. The van der Waals surface area contributed by atoms with Crippen molar-refractivity contribution in [3.8, 4) is 0 Å². The van der Waals surface area contributed by atoms with Crippen LogP contribution in [0.1, 0.15) is 50.8 Å². The molecule has 2 aliphatic rings. The lowest BCUT2D eigenvalue weighted by Gasteiger charge is -2.16. The number of fused-ring (bicyclic) bond motifs is 3. The van der Waals surface area contributed by atoms with Gasteiger partial charge in [-0.1, -0.05) is 13.3 Å². The predicted octanol–water partition coefficient (Wildman–Crippen LogP) is 2.54. The zero-order valence-corrected chi connectivity index (χ0v) is 15.7. The monoisotopic (exact) mass is 372 g/mol. The van der Waals surface area contributed by atoms with Crippen molar-refractivity contribution in [1.29, 1.82) is 0 Å². The van der Waals surface area contributed by atoms with Gasteiger partial charge in [0.05, 0.1) is 22.7 Å². The van der Waals surface area contributed by atoms with Gasteiger partial charge in [-0.2, -0.15) is 0 Å². The number of nitrogens with zero attached hydrogens (tertiary/aromatic N) is 4. The van der Waals surface area contributed by atoms with Crippen LogP contribution in [0.15, 0.2) is 18.5 Å². The van der Waals surface area contributed by atoms with E-state index in [1.165, 1.54) is 0 Å². The first-order chi connectivity index (χ1) is 12.7. The zero-order valence-electron chi connectivity index (χ0n) is 14.9. The Morgan fingerprint density at radius 2 is 2.23 bits per heavy atom. The van der Waals surface area contributed by atoms with Gasteiger partial charge in [-0.25, -0.2) is 13.9 Å². The highest BCUT2D eigenvalue weighted by atomic mass is 32.2. The molecule has 3 aromatic rings. The molecular weight excluding hydrogens is 348 g/mol. The molecule has 0 radical (unpaired) electrons. The standard InChI is InChI=1S/C18H24N6OS/c1-2-12-7-11(9-21-26(25)13-3-4-13)8-14(12)18-23-22-16-10-20-17-15(24(16)18)5-6-19-17/h5-6,10-14,19,21H,2-4,7-9H2,1H3. The summed E-state index contributed by atoms with van der Waals surface area (Å²) >= 11 is 0. The summed E-state index contributed by atoms with van der Waals surface area (Å²) in [4.78, 5) is 7.58. The summed E-state index contributed by atoms with van der Waals surface area (Å²) in [5.74, 6) is 2.57. The third-order valence-corrected chi connectivity index (χ3v) is 7.48. The van der Waals surface area contributed by atoms with Crippen LogP contribution in [0.25, 0.3) is 16.8 Å². The maximum atomic E-state index is 12.1. The van der Waals surface area contributed by atoms with Gasteiger partial charge in [0.2, 0.25) is 0 Å². The molecular formula is C18H24N6OS. The average molecular weight is 372 g/mol. The van der Waals surface area contributed by atoms with Crippen LogP contribution in [-0.4, -0.2) is 40.6 Å². The van der Waals surface area contributed by atoms with E-state index >= 15 is 0 Å². The smallest absolute Gasteiger partial charge is 0.179 e. The lowest BCUT2D eigenvalue weighted by Crippen LogP contribution is -2.26. The molecule has 2 fully saturated rings. The average Bonchev–Trinajstić information content (AvgIpc) is 3.07. The van der Waals surface area contributed by atoms with Crippen LogP contribution >= 0.6 is 0 Å². The molecule has 138 valence electrons. The Balaban J connectivity index is 1.42. The van der Waals surface area contributed by atoms with Crippen molar-refractivity contribution in [1.82, 2.24) is 29.3 Å². The predicted molar refractivity (Wildman–Crippen MR) is 101 cm³/mol. The maximum absolute atomic E-state index is 12.1. The molecule has 0 bridgehead atoms. The lowest BCUT2D eigenvalue weighted by atomic mass is 9.93. The second kappa shape index (κ2) is 6.42. The van der Waals surface area contributed by atoms with Crippen LogP contribution in [0.3, 0.4) is 0 Å². The molecule has 4 atom stereocenters. The molecule has 7 nitrogen and oxygen atoms in total. The minimum absolute atomic E-state index is 0.386. The molecule has 2 aliphatic carbocycles. The summed E-state index contributed by atoms with van der Waals surface area (Å²) in [6.45, 7) is 3.10. The molecule has 8 heteroatoms. The minimum Gasteiger partial charge on any atom is -0.345 e. The van der Waals surface area contributed by atoms with E-state index in [-0.39, 0.29) is 0 Å². The maximum Gasteiger partial charge on any atom is 0.179 e. The molecule has 0 spiro atoms. The largest absolute Gasteiger partial charge is 0.345 e. The quantitative estimate of drug-likeness (QED) is 0.696. The highest BCUT2D eigenvalue weighted by Gasteiger charge is 2.38. The number of nitrogens with one attached hydrogen (secondary N) is 2. The fraction of sp³-hybridized carbons (Fsp3) is 0.611. The fourth-order valence-electron chi connectivity index (χ4n) is 4.41. The van der Waals surface area contributed by atoms with E-state index < -0.39 is 11.0 Å². The molecule has 0 amide bonds. The van der Waals surface area contributed by atoms with Crippen LogP contribution in [0.4, 0.5) is 0 Å². The Bertz CT molecular complexity index is 961. The van der Waals surface area contributed by atoms with Crippen LogP contribution in [0.2, 0.25) is 0 Å². The second-order valence-corrected chi connectivity index (χ2v) is 9.23. The Kier molecular flexibility index (Phi) is 4.04. The van der Waals surface area contributed by atoms with Crippen LogP contribution in [0.5, 0.6) is 0 Å². The highest BCUT2D eigenvalue weighted by molar-refractivity contribution is 7.84. The van der Waals surface area contributed by atoms with Crippen molar-refractivity contribution in [3.05, 3.63) is 24.3 Å². The van der Waals surface area contributed by atoms with Crippen LogP contribution in [0, 0.1) is 11.8 Å². The summed E-state index contributed by atoms with van der Waals surface area (Å²) in [5.41, 5.74) is 2.70. The van der Waals surface area contributed by atoms with E-state index in [1.807, 2.05) is 12.3 Å². The molecule has 2 saturated carbocycles. The minimum atomic E-state index is -0.849. The van der Waals surface area contributed by atoms with E-state index in [2.05, 4.69) is 36.2 Å². The van der Waals surface area contributed by atoms with Crippen LogP contribution < -0.4 is 4.72 Å². The van der Waals surface area contributed by atoms with Crippen molar-refractivity contribution in [3.63, 3.8) is 0 Å². The Morgan fingerprint density at radius 1 is 1.35 bits per heavy atom. The van der Waals surface area contributed by atoms with E-state index in [0.717, 1.165) is 61.3 Å². The SMILES string of the molecule is CCC1CC(CNS(=O)C2CC2)CC1c1nnc2cnc3[nH]ccc3n12. The van der Waals surface area contributed by atoms with Gasteiger partial charge >= 0.3 is 0 Å². The second-order valence-electron chi connectivity index (χ2n) is 7.68. The van der Waals surface area contributed by atoms with Crippen molar-refractivity contribution >= 4 is 27.8 Å². The molecule has 3 aromatic heterocycles. The lowest BCUT2D eigenvalue weighted by molar-refractivity contribution is 0.444. The number of rotatable bonds is 6. The Morgan fingerprint density at radius 3 is 3.04 bits per heavy atom. The van der Waals surface area contributed by atoms with Crippen molar-refractivity contribution in [2.24, 2.45) is 11.8 Å². The van der Waals surface area contributed by atoms with Gasteiger partial charge in [0.1, 0.15) is 5.82 Å². The van der Waals surface area contributed by atoms with E-state index in [9.17, 15) is 4.21 Å². The topological polar surface area (TPSA) is 88.0 Å². The Hall–Kier alpha value is -1.80. The van der Waals surface area contributed by atoms with Gasteiger partial charge in [-0.05, 0) is 43.6 Å². The number of aromatic amines is 1. The van der Waals surface area contributed by atoms with Gasteiger partial charge in [-0.15, -0.1) is 10.2 Å². The molecule has 3 heterocycles. The molecule has 2 N–H and O–H groups in total. The third kappa shape index (κ3) is 2.75. The van der Waals surface area contributed by atoms with E-state index in [0.29, 0.717) is 23.0 Å². The summed E-state index contributed by atoms with van der Waals surface area (Å²) in [7, 11) is -0.849. The first-order valence-corrected chi connectivity index (χ1v) is 10.8. The molecule has 26 heavy (non-hydrogen) atoms. The van der Waals surface area contributed by atoms with Crippen molar-refractivity contribution in [2.45, 2.75) is 50.2 Å². The normalized spacial score (nSPS) is 27.5. The fourth-order valence-corrected chi connectivity index (χ4v) is 5.61. The third-order valence-electron chi connectivity index (χ3n) is 5.96. The molecule has 5 rings (SSSR count). The first-order valence-electron chi connectivity index (χ1n) is 9.55. The van der Waals surface area contributed by atoms with Gasteiger partial charge in [0.25, 0.3) is 0 Å². The van der Waals surface area contributed by atoms with Gasteiger partial charge in [0, 0.05) is 23.9 Å². The highest BCUT2D eigenvalue weighted by Crippen LogP contribution is 2.44. The van der Waals surface area contributed by atoms with Crippen molar-refractivity contribution in [2.75, 3.05) is 6.54 Å². The molecule has 0 saturated heterocycles. The first kappa shape index (κ1) is 16.4. The number of hydrogen-bond acceptors (Lipinski definition) is 4. The number of hydrogen-bond donors (Lipinski definition) is 2. The summed E-state index contributed by atoms with van der Waals surface area (Å²) in [5, 5.41) is 9.31. The summed E-state index contributed by atoms with van der Waals surface area (Å²) in [6, 6.07) is 2.04. The van der Waals surface area contributed by atoms with Crippen LogP contribution in [-0.2, 0) is 11.0 Å². The molecule has 0 aliphatic heterocycles.